The van der Waals surface area contributed by atoms with Crippen LogP contribution in [0.4, 0.5) is 18.9 Å². The highest BCUT2D eigenvalue weighted by Crippen LogP contribution is 2.46. The highest BCUT2D eigenvalue weighted by molar-refractivity contribution is 8.24. The summed E-state index contributed by atoms with van der Waals surface area (Å²) >= 11 is 0. The van der Waals surface area contributed by atoms with Gasteiger partial charge in [-0.05, 0) is 55.2 Å². The predicted molar refractivity (Wildman–Crippen MR) is 123 cm³/mol. The topological polar surface area (TPSA) is 81.6 Å². The number of amides is 1. The van der Waals surface area contributed by atoms with Gasteiger partial charge in [-0.25, -0.2) is 0 Å². The molecule has 5 nitrogen and oxygen atoms in total. The molecule has 4 rings (SSSR count). The minimum absolute atomic E-state index is 0. The Balaban J connectivity index is 0.00000289. The van der Waals surface area contributed by atoms with Crippen LogP contribution in [0.3, 0.4) is 0 Å². The van der Waals surface area contributed by atoms with Gasteiger partial charge < -0.3 is 10.6 Å². The number of alkyl halides is 3. The lowest BCUT2D eigenvalue weighted by molar-refractivity contribution is -0.137. The monoisotopic (exact) mass is 490 g/mol. The van der Waals surface area contributed by atoms with E-state index in [9.17, 15) is 27.1 Å². The maximum atomic E-state index is 12.8. The molecule has 2 aliphatic rings. The smallest absolute Gasteiger partial charge is 0.322 e. The number of hydrogen-bond donors (Lipinski definition) is 4. The zero-order chi connectivity index (χ0) is 22.2. The van der Waals surface area contributed by atoms with E-state index in [0.29, 0.717) is 35.2 Å². The number of carbonyl (C=O) groups is 1. The van der Waals surface area contributed by atoms with E-state index in [1.807, 2.05) is 12.1 Å². The van der Waals surface area contributed by atoms with E-state index in [0.717, 1.165) is 37.0 Å². The third kappa shape index (κ3) is 6.17. The van der Waals surface area contributed by atoms with E-state index >= 15 is 0 Å². The summed E-state index contributed by atoms with van der Waals surface area (Å²) in [7, 11) is -2.37. The molecule has 1 aliphatic carbocycles. The second kappa shape index (κ2) is 9.61. The third-order valence-electron chi connectivity index (χ3n) is 5.88. The highest BCUT2D eigenvalue weighted by atomic mass is 35.5. The number of hydrogen-bond acceptors (Lipinski definition) is 4. The maximum Gasteiger partial charge on any atom is 0.416 e. The molecular weight excluding hydrogens is 465 g/mol. The second-order valence-electron chi connectivity index (χ2n) is 8.25. The van der Waals surface area contributed by atoms with E-state index in [1.54, 1.807) is 12.1 Å². The number of halogens is 4. The molecule has 32 heavy (non-hydrogen) atoms. The van der Waals surface area contributed by atoms with Crippen LogP contribution in [-0.4, -0.2) is 38.6 Å². The van der Waals surface area contributed by atoms with Gasteiger partial charge in [-0.2, -0.15) is 23.8 Å². The van der Waals surface area contributed by atoms with Crippen molar-refractivity contribution in [3.05, 3.63) is 65.2 Å². The van der Waals surface area contributed by atoms with Crippen LogP contribution in [0.1, 0.15) is 46.7 Å². The molecule has 0 radical (unpaired) electrons. The Kier molecular flexibility index (Phi) is 7.46. The Morgan fingerprint density at radius 3 is 2.31 bits per heavy atom. The van der Waals surface area contributed by atoms with Crippen molar-refractivity contribution in [3.8, 4) is 0 Å². The van der Waals surface area contributed by atoms with Crippen molar-refractivity contribution < 1.29 is 27.1 Å². The van der Waals surface area contributed by atoms with Gasteiger partial charge in [0.25, 0.3) is 5.91 Å². The fraction of sp³-hybridized carbons (Fsp3) is 0.409. The first-order valence-electron chi connectivity index (χ1n) is 10.2. The van der Waals surface area contributed by atoms with Crippen molar-refractivity contribution in [2.45, 2.75) is 43.4 Å². The van der Waals surface area contributed by atoms with Crippen LogP contribution in [0.5, 0.6) is 0 Å². The van der Waals surface area contributed by atoms with Crippen LogP contribution in [0.2, 0.25) is 0 Å². The molecule has 176 valence electrons. The van der Waals surface area contributed by atoms with Crippen molar-refractivity contribution in [2.75, 3.05) is 16.8 Å². The lowest BCUT2D eigenvalue weighted by Gasteiger charge is -2.39. The summed E-state index contributed by atoms with van der Waals surface area (Å²) in [5.74, 6) is 0.702. The average molecular weight is 491 g/mol. The largest absolute Gasteiger partial charge is 0.416 e. The summed E-state index contributed by atoms with van der Waals surface area (Å²) in [4.78, 5) is 12.3. The Morgan fingerprint density at radius 2 is 1.69 bits per heavy atom. The van der Waals surface area contributed by atoms with Gasteiger partial charge in [0.2, 0.25) is 0 Å². The quantitative estimate of drug-likeness (QED) is 0.431. The molecule has 2 aromatic rings. The van der Waals surface area contributed by atoms with Gasteiger partial charge in [0.15, 0.2) is 0 Å². The normalized spacial score (nSPS) is 23.7. The summed E-state index contributed by atoms with van der Waals surface area (Å²) in [6, 6.07) is 12.4. The summed E-state index contributed by atoms with van der Waals surface area (Å²) in [5, 5.41) is 6.24. The fourth-order valence-electron chi connectivity index (χ4n) is 3.98. The molecule has 2 fully saturated rings. The molecule has 2 atom stereocenters. The molecule has 2 aromatic carbocycles. The summed E-state index contributed by atoms with van der Waals surface area (Å²) in [6.07, 6.45) is -1.95. The van der Waals surface area contributed by atoms with Crippen LogP contribution in [0.15, 0.2) is 48.5 Å². The maximum absolute atomic E-state index is 12.8. The molecule has 1 heterocycles. The zero-order valence-corrected chi connectivity index (χ0v) is 18.8. The number of carbonyl (C=O) groups excluding carboxylic acids is 1. The minimum atomic E-state index is -4.50. The van der Waals surface area contributed by atoms with E-state index in [-0.39, 0.29) is 18.0 Å². The van der Waals surface area contributed by atoms with E-state index in [4.69, 9.17) is 0 Å². The first-order valence-corrected chi connectivity index (χ1v) is 12.1. The van der Waals surface area contributed by atoms with E-state index in [1.165, 1.54) is 12.1 Å². The number of anilines is 1. The molecule has 10 heteroatoms. The van der Waals surface area contributed by atoms with Crippen LogP contribution in [-0.2, 0) is 6.18 Å². The highest BCUT2D eigenvalue weighted by Gasteiger charge is 2.40. The molecule has 1 saturated carbocycles. The van der Waals surface area contributed by atoms with Crippen LogP contribution in [0, 0.1) is 0 Å². The lowest BCUT2D eigenvalue weighted by Crippen LogP contribution is -2.37. The standard InChI is InChI=1S/C22H25F3N2O3S.ClH/c23-22(24,25)16-3-1-2-15(12-16)21(28)27-17-6-4-14(5-7-17)19-13-20(19)26-18-8-10-31(29,30)11-9-18;/h1-7,12,18-20,26,29-30H,8-11,13H2,(H,27,28);1H. The van der Waals surface area contributed by atoms with Crippen molar-refractivity contribution in [2.24, 2.45) is 0 Å². The molecule has 1 aliphatic heterocycles. The lowest BCUT2D eigenvalue weighted by atomic mass is 10.1. The second-order valence-corrected chi connectivity index (χ2v) is 10.7. The zero-order valence-electron chi connectivity index (χ0n) is 17.1. The molecule has 0 bridgehead atoms. The van der Waals surface area contributed by atoms with Crippen molar-refractivity contribution in [1.29, 1.82) is 0 Å². The van der Waals surface area contributed by atoms with Crippen molar-refractivity contribution in [3.63, 3.8) is 0 Å². The molecular formula is C22H26ClF3N2O3S. The van der Waals surface area contributed by atoms with Gasteiger partial charge in [0.05, 0.1) is 5.56 Å². The Morgan fingerprint density at radius 1 is 1.03 bits per heavy atom. The van der Waals surface area contributed by atoms with Crippen molar-refractivity contribution >= 4 is 34.6 Å². The summed E-state index contributed by atoms with van der Waals surface area (Å²) in [5.41, 5.74) is 0.753. The molecule has 2 unspecified atom stereocenters. The first kappa shape index (κ1) is 24.9. The molecule has 0 spiro atoms. The number of nitrogens with one attached hydrogen (secondary N) is 2. The Bertz CT molecular complexity index is 946. The van der Waals surface area contributed by atoms with Crippen molar-refractivity contribution in [1.82, 2.24) is 5.32 Å². The third-order valence-corrected chi connectivity index (χ3v) is 7.65. The number of rotatable bonds is 5. The van der Waals surface area contributed by atoms with Crippen LogP contribution < -0.4 is 10.6 Å². The van der Waals surface area contributed by atoms with E-state index < -0.39 is 28.2 Å². The van der Waals surface area contributed by atoms with Gasteiger partial charge in [-0.3, -0.25) is 13.9 Å². The molecule has 0 aromatic heterocycles. The average Bonchev–Trinajstić information content (AvgIpc) is 3.49. The van der Waals surface area contributed by atoms with Crippen LogP contribution in [0.25, 0.3) is 0 Å². The summed E-state index contributed by atoms with van der Waals surface area (Å²) < 4.78 is 57.9. The van der Waals surface area contributed by atoms with Gasteiger partial charge in [-0.15, -0.1) is 12.4 Å². The van der Waals surface area contributed by atoms with Crippen LogP contribution >= 0.6 is 23.0 Å². The van der Waals surface area contributed by atoms with E-state index in [2.05, 4.69) is 10.6 Å². The van der Waals surface area contributed by atoms with Gasteiger partial charge >= 0.3 is 6.18 Å². The SMILES string of the molecule is Cl.O=C(Nc1ccc(C2CC2NC2CCS(O)(O)CC2)cc1)c1cccc(C(F)(F)F)c1. The Hall–Kier alpha value is -1.78. The predicted octanol–water partition coefficient (Wildman–Crippen LogP) is 5.74. The van der Waals surface area contributed by atoms with Gasteiger partial charge in [0.1, 0.15) is 0 Å². The fourth-order valence-corrected chi connectivity index (χ4v) is 5.51. The number of benzene rings is 2. The molecule has 4 N–H and O–H groups in total. The molecule has 1 amide bonds. The van der Waals surface area contributed by atoms with Gasteiger partial charge in [-0.1, -0.05) is 18.2 Å². The Labute approximate surface area is 192 Å². The first-order chi connectivity index (χ1) is 14.6. The minimum Gasteiger partial charge on any atom is -0.322 e. The molecule has 1 saturated heterocycles. The van der Waals surface area contributed by atoms with Gasteiger partial charge in [0, 0.05) is 40.8 Å². The summed E-state index contributed by atoms with van der Waals surface area (Å²) in [6.45, 7) is 0.